The van der Waals surface area contributed by atoms with Gasteiger partial charge >= 0.3 is 0 Å². The Morgan fingerprint density at radius 3 is 2.64 bits per heavy atom. The Bertz CT molecular complexity index is 1040. The third-order valence-corrected chi connectivity index (χ3v) is 4.58. The van der Waals surface area contributed by atoms with E-state index in [0.717, 1.165) is 22.0 Å². The van der Waals surface area contributed by atoms with Gasteiger partial charge in [0.15, 0.2) is 0 Å². The number of fused-ring (bicyclic) bond motifs is 1. The Kier molecular flexibility index (Phi) is 4.80. The van der Waals surface area contributed by atoms with E-state index in [1.807, 2.05) is 53.2 Å². The zero-order valence-electron chi connectivity index (χ0n) is 13.0. The van der Waals surface area contributed by atoms with Crippen molar-refractivity contribution in [3.63, 3.8) is 0 Å². The third-order valence-electron chi connectivity index (χ3n) is 3.84. The number of hydrogen-bond acceptors (Lipinski definition) is 2. The van der Waals surface area contributed by atoms with Gasteiger partial charge in [-0.15, -0.1) is 0 Å². The first kappa shape index (κ1) is 17.1. The predicted molar refractivity (Wildman–Crippen MR) is 100 cm³/mol. The lowest BCUT2D eigenvalue weighted by Crippen LogP contribution is -2.12. The number of amides is 1. The molecule has 3 aromatic rings. The van der Waals surface area contributed by atoms with Crippen LogP contribution >= 0.6 is 23.2 Å². The molecule has 0 radical (unpaired) electrons. The van der Waals surface area contributed by atoms with Crippen LogP contribution in [-0.4, -0.2) is 10.5 Å². The van der Waals surface area contributed by atoms with Gasteiger partial charge in [-0.05, 0) is 29.8 Å². The van der Waals surface area contributed by atoms with Crippen molar-refractivity contribution in [3.8, 4) is 6.07 Å². The Hall–Kier alpha value is -2.74. The second-order valence-corrected chi connectivity index (χ2v) is 6.33. The molecule has 0 aliphatic heterocycles. The number of rotatable bonds is 4. The van der Waals surface area contributed by atoms with E-state index in [1.54, 1.807) is 6.07 Å². The first-order valence-corrected chi connectivity index (χ1v) is 8.18. The number of carbonyl (C=O) groups is 1. The lowest BCUT2D eigenvalue weighted by molar-refractivity contribution is -0.114. The molecule has 0 atom stereocenters. The van der Waals surface area contributed by atoms with E-state index >= 15 is 0 Å². The minimum Gasteiger partial charge on any atom is -0.365 e. The number of halogens is 2. The molecule has 0 saturated carbocycles. The maximum Gasteiger partial charge on any atom is 0.259 e. The minimum atomic E-state index is -0.746. The molecule has 4 nitrogen and oxygen atoms in total. The summed E-state index contributed by atoms with van der Waals surface area (Å²) in [6.45, 7) is 0.573. The SMILES string of the molecule is N#C/C(=C\c1cn(Cc2ccc(Cl)c(Cl)c2)c2ccccc12)C(N)=O. The van der Waals surface area contributed by atoms with E-state index in [2.05, 4.69) is 0 Å². The molecule has 0 aliphatic rings. The summed E-state index contributed by atoms with van der Waals surface area (Å²) in [5.41, 5.74) is 7.87. The first-order chi connectivity index (χ1) is 12.0. The number of hydrogen-bond donors (Lipinski definition) is 1. The molecule has 124 valence electrons. The van der Waals surface area contributed by atoms with Crippen LogP contribution in [0.5, 0.6) is 0 Å². The van der Waals surface area contributed by atoms with Crippen LogP contribution in [0.15, 0.2) is 54.2 Å². The summed E-state index contributed by atoms with van der Waals surface area (Å²) < 4.78 is 2.02. The number of nitrogens with zero attached hydrogens (tertiary/aromatic N) is 2. The molecule has 2 N–H and O–H groups in total. The summed E-state index contributed by atoms with van der Waals surface area (Å²) in [6.07, 6.45) is 3.39. The van der Waals surface area contributed by atoms with Gasteiger partial charge in [0.2, 0.25) is 0 Å². The van der Waals surface area contributed by atoms with Crippen LogP contribution in [0, 0.1) is 11.3 Å². The number of primary amides is 1. The van der Waals surface area contributed by atoms with Gasteiger partial charge in [0.05, 0.1) is 10.0 Å². The minimum absolute atomic E-state index is 0.0857. The monoisotopic (exact) mass is 369 g/mol. The van der Waals surface area contributed by atoms with Gasteiger partial charge < -0.3 is 10.3 Å². The fourth-order valence-corrected chi connectivity index (χ4v) is 2.99. The van der Waals surface area contributed by atoms with Crippen molar-refractivity contribution >= 4 is 46.1 Å². The summed E-state index contributed by atoms with van der Waals surface area (Å²) in [7, 11) is 0. The molecule has 1 amide bonds. The fraction of sp³-hybridized carbons (Fsp3) is 0.0526. The zero-order chi connectivity index (χ0) is 18.0. The first-order valence-electron chi connectivity index (χ1n) is 7.43. The highest BCUT2D eigenvalue weighted by Crippen LogP contribution is 2.27. The molecule has 1 aromatic heterocycles. The molecule has 0 fully saturated rings. The number of carbonyl (C=O) groups excluding carboxylic acids is 1. The van der Waals surface area contributed by atoms with E-state index in [9.17, 15) is 4.79 Å². The Morgan fingerprint density at radius 1 is 1.20 bits per heavy atom. The Balaban J connectivity index is 2.09. The number of aromatic nitrogens is 1. The highest BCUT2D eigenvalue weighted by molar-refractivity contribution is 6.42. The van der Waals surface area contributed by atoms with Crippen molar-refractivity contribution in [2.45, 2.75) is 6.54 Å². The van der Waals surface area contributed by atoms with Gasteiger partial charge in [-0.25, -0.2) is 0 Å². The lowest BCUT2D eigenvalue weighted by atomic mass is 10.1. The van der Waals surface area contributed by atoms with E-state index in [1.165, 1.54) is 6.08 Å². The van der Waals surface area contributed by atoms with Crippen LogP contribution in [0.25, 0.3) is 17.0 Å². The maximum atomic E-state index is 11.3. The number of para-hydroxylation sites is 1. The highest BCUT2D eigenvalue weighted by Gasteiger charge is 2.11. The Morgan fingerprint density at radius 2 is 1.96 bits per heavy atom. The molecular formula is C19H13Cl2N3O. The van der Waals surface area contributed by atoms with Crippen LogP contribution in [-0.2, 0) is 11.3 Å². The number of nitrogens with two attached hydrogens (primary N) is 1. The Labute approximate surface area is 154 Å². The molecule has 3 rings (SSSR count). The van der Waals surface area contributed by atoms with Gasteiger partial charge in [0.1, 0.15) is 11.6 Å². The van der Waals surface area contributed by atoms with Crippen LogP contribution in [0.3, 0.4) is 0 Å². The summed E-state index contributed by atoms with van der Waals surface area (Å²) in [5.74, 6) is -0.746. The molecule has 0 aliphatic carbocycles. The van der Waals surface area contributed by atoms with Gasteiger partial charge in [0.25, 0.3) is 5.91 Å². The van der Waals surface area contributed by atoms with Crippen molar-refractivity contribution < 1.29 is 4.79 Å². The van der Waals surface area contributed by atoms with Gasteiger partial charge in [-0.2, -0.15) is 5.26 Å². The maximum absolute atomic E-state index is 11.3. The fourth-order valence-electron chi connectivity index (χ4n) is 2.67. The van der Waals surface area contributed by atoms with E-state index in [4.69, 9.17) is 34.2 Å². The molecule has 1 heterocycles. The highest BCUT2D eigenvalue weighted by atomic mass is 35.5. The zero-order valence-corrected chi connectivity index (χ0v) is 14.6. The van der Waals surface area contributed by atoms with Crippen molar-refractivity contribution in [1.82, 2.24) is 4.57 Å². The number of benzene rings is 2. The number of nitriles is 1. The largest absolute Gasteiger partial charge is 0.365 e. The standard InChI is InChI=1S/C19H13Cl2N3O/c20-16-6-5-12(7-17(16)21)10-24-11-14(8-13(9-22)19(23)25)15-3-1-2-4-18(15)24/h1-8,11H,10H2,(H2,23,25)/b13-8+. The van der Waals surface area contributed by atoms with Crippen molar-refractivity contribution in [3.05, 3.63) is 75.4 Å². The second-order valence-electron chi connectivity index (χ2n) is 5.51. The van der Waals surface area contributed by atoms with Gasteiger partial charge in [-0.1, -0.05) is 47.5 Å². The van der Waals surface area contributed by atoms with E-state index < -0.39 is 5.91 Å². The van der Waals surface area contributed by atoms with Crippen LogP contribution in [0.1, 0.15) is 11.1 Å². The van der Waals surface area contributed by atoms with Crippen LogP contribution < -0.4 is 5.73 Å². The third kappa shape index (κ3) is 3.53. The summed E-state index contributed by atoms with van der Waals surface area (Å²) in [4.78, 5) is 11.3. The van der Waals surface area contributed by atoms with Crippen molar-refractivity contribution in [2.24, 2.45) is 5.73 Å². The van der Waals surface area contributed by atoms with Crippen LogP contribution in [0.4, 0.5) is 0 Å². The summed E-state index contributed by atoms with van der Waals surface area (Å²) in [6, 6.07) is 15.1. The van der Waals surface area contributed by atoms with Crippen LogP contribution in [0.2, 0.25) is 10.0 Å². The molecule has 0 spiro atoms. The topological polar surface area (TPSA) is 71.8 Å². The molecule has 6 heteroatoms. The molecular weight excluding hydrogens is 357 g/mol. The van der Waals surface area contributed by atoms with E-state index in [-0.39, 0.29) is 5.57 Å². The second kappa shape index (κ2) is 7.02. The predicted octanol–water partition coefficient (Wildman–Crippen LogP) is 4.39. The average molecular weight is 370 g/mol. The van der Waals surface area contributed by atoms with Crippen molar-refractivity contribution in [2.75, 3.05) is 0 Å². The lowest BCUT2D eigenvalue weighted by Gasteiger charge is -2.06. The quantitative estimate of drug-likeness (QED) is 0.547. The van der Waals surface area contributed by atoms with Gasteiger partial charge in [-0.3, -0.25) is 4.79 Å². The van der Waals surface area contributed by atoms with E-state index in [0.29, 0.717) is 16.6 Å². The molecule has 0 unspecified atom stereocenters. The molecule has 0 saturated heterocycles. The molecule has 0 bridgehead atoms. The summed E-state index contributed by atoms with van der Waals surface area (Å²) in [5, 5.41) is 11.0. The summed E-state index contributed by atoms with van der Waals surface area (Å²) >= 11 is 12.1. The normalized spacial score (nSPS) is 11.5. The van der Waals surface area contributed by atoms with Crippen molar-refractivity contribution in [1.29, 1.82) is 5.26 Å². The average Bonchev–Trinajstić information content (AvgIpc) is 2.93. The molecule has 25 heavy (non-hydrogen) atoms. The smallest absolute Gasteiger partial charge is 0.259 e. The van der Waals surface area contributed by atoms with Gasteiger partial charge in [0, 0.05) is 29.2 Å². The molecule has 2 aromatic carbocycles.